The Kier molecular flexibility index (Phi) is 1.97. The number of nitrogens with two attached hydrogens (primary N) is 1. The van der Waals surface area contributed by atoms with E-state index in [0.717, 1.165) is 5.82 Å². The van der Waals surface area contributed by atoms with E-state index >= 15 is 0 Å². The topological polar surface area (TPSA) is 67.6 Å². The third-order valence-electron chi connectivity index (χ3n) is 1.73. The normalized spacial score (nSPS) is 34.3. The minimum absolute atomic E-state index is 0.0505. The highest BCUT2D eigenvalue weighted by atomic mass is 79.9. The predicted molar refractivity (Wildman–Crippen MR) is 51.7 cm³/mol. The third kappa shape index (κ3) is 1.10. The quantitative estimate of drug-likeness (QED) is 0.725. The highest BCUT2D eigenvalue weighted by Crippen LogP contribution is 2.43. The number of alkyl halides is 1. The van der Waals surface area contributed by atoms with Crippen molar-refractivity contribution in [2.75, 3.05) is 0 Å². The summed E-state index contributed by atoms with van der Waals surface area (Å²) in [7, 11) is 0. The van der Waals surface area contributed by atoms with Gasteiger partial charge < -0.3 is 5.73 Å². The summed E-state index contributed by atoms with van der Waals surface area (Å²) in [6.07, 6.45) is 3.45. The van der Waals surface area contributed by atoms with Crippen LogP contribution in [0.25, 0.3) is 0 Å². The monoisotopic (exact) mass is 246 g/mol. The highest BCUT2D eigenvalue weighted by molar-refractivity contribution is 9.10. The molecule has 0 spiro atoms. The molecule has 2 unspecified atom stereocenters. The number of nitrogens with one attached hydrogen (secondary N) is 1. The zero-order valence-corrected chi connectivity index (χ0v) is 8.47. The fourth-order valence-corrected chi connectivity index (χ4v) is 2.69. The lowest BCUT2D eigenvalue weighted by molar-refractivity contribution is 0.705. The molecule has 0 radical (unpaired) electrons. The molecule has 6 heteroatoms. The molecule has 0 aromatic carbocycles. The maximum absolute atomic E-state index is 5.87. The number of nitrogens with zero attached hydrogens (tertiary/aromatic N) is 2. The van der Waals surface area contributed by atoms with Crippen molar-refractivity contribution in [3.8, 4) is 0 Å². The molecule has 2 heterocycles. The Hall–Kier alpha value is -0.330. The number of hydrogen-bond acceptors (Lipinski definition) is 4. The van der Waals surface area contributed by atoms with E-state index in [1.165, 1.54) is 6.33 Å². The summed E-state index contributed by atoms with van der Waals surface area (Å²) in [5.74, 6) is 0.747. The first kappa shape index (κ1) is 8.28. The molecule has 3 N–H and O–H groups in total. The minimum Gasteiger partial charge on any atom is -0.317 e. The molecule has 12 heavy (non-hydrogen) atoms. The fourth-order valence-electron chi connectivity index (χ4n) is 1.02. The number of hydrogen-bond donors (Lipinski definition) is 2. The van der Waals surface area contributed by atoms with Crippen molar-refractivity contribution < 1.29 is 0 Å². The molecule has 0 aliphatic carbocycles. The van der Waals surface area contributed by atoms with Crippen LogP contribution in [0.15, 0.2) is 17.8 Å². The first-order valence-corrected chi connectivity index (χ1v) is 5.10. The van der Waals surface area contributed by atoms with Gasteiger partial charge in [-0.15, -0.1) is 11.8 Å². The zero-order valence-electron chi connectivity index (χ0n) is 6.07. The van der Waals surface area contributed by atoms with Crippen LogP contribution in [0.1, 0.15) is 5.82 Å². The third-order valence-corrected chi connectivity index (χ3v) is 4.12. The summed E-state index contributed by atoms with van der Waals surface area (Å²) in [6.45, 7) is 0. The number of H-pyrrole nitrogens is 1. The summed E-state index contributed by atoms with van der Waals surface area (Å²) in [6, 6.07) is 0. The lowest BCUT2D eigenvalue weighted by Gasteiger charge is -2.21. The van der Waals surface area contributed by atoms with Crippen LogP contribution < -0.4 is 5.73 Å². The summed E-state index contributed by atoms with van der Waals surface area (Å²) >= 11 is 5.10. The lowest BCUT2D eigenvalue weighted by Crippen LogP contribution is -2.34. The van der Waals surface area contributed by atoms with Gasteiger partial charge in [0.1, 0.15) is 16.5 Å². The Morgan fingerprint density at radius 2 is 2.58 bits per heavy atom. The Labute approximate surface area is 82.1 Å². The number of aromatic nitrogens is 3. The van der Waals surface area contributed by atoms with E-state index in [9.17, 15) is 0 Å². The van der Waals surface area contributed by atoms with Gasteiger partial charge >= 0.3 is 0 Å². The number of thioether (sulfide) groups is 1. The molecule has 0 saturated carbocycles. The Bertz CT molecular complexity index is 299. The van der Waals surface area contributed by atoms with E-state index in [0.29, 0.717) is 0 Å². The second-order valence-electron chi connectivity index (χ2n) is 2.46. The van der Waals surface area contributed by atoms with Gasteiger partial charge in [0, 0.05) is 0 Å². The van der Waals surface area contributed by atoms with Gasteiger partial charge in [-0.25, -0.2) is 4.98 Å². The summed E-state index contributed by atoms with van der Waals surface area (Å²) in [4.78, 5) is 4.06. The standard InChI is InChI=1S/C6H7BrN4S/c7-6(1-2-12-4(6)8)5-9-3-10-11-5/h1-4H,8H2,(H,9,10,11). The molecule has 64 valence electrons. The maximum Gasteiger partial charge on any atom is 0.147 e. The zero-order chi connectivity index (χ0) is 8.60. The second-order valence-corrected chi connectivity index (χ2v) is 4.83. The summed E-state index contributed by atoms with van der Waals surface area (Å²) < 4.78 is -0.381. The lowest BCUT2D eigenvalue weighted by atomic mass is 10.1. The minimum atomic E-state index is -0.381. The Balaban J connectivity index is 2.38. The SMILES string of the molecule is NC1SC=CC1(Br)c1ncn[nH]1. The summed E-state index contributed by atoms with van der Waals surface area (Å²) in [5, 5.41) is 8.49. The molecule has 1 aromatic rings. The van der Waals surface area contributed by atoms with Crippen LogP contribution in [-0.4, -0.2) is 20.6 Å². The van der Waals surface area contributed by atoms with Crippen molar-refractivity contribution in [2.24, 2.45) is 5.73 Å². The summed E-state index contributed by atoms with van der Waals surface area (Å²) in [5.41, 5.74) is 5.87. The van der Waals surface area contributed by atoms with Crippen LogP contribution in [0.2, 0.25) is 0 Å². The van der Waals surface area contributed by atoms with Crippen LogP contribution in [0.3, 0.4) is 0 Å². The molecular weight excluding hydrogens is 240 g/mol. The van der Waals surface area contributed by atoms with Gasteiger partial charge in [0.15, 0.2) is 0 Å². The van der Waals surface area contributed by atoms with Gasteiger partial charge in [-0.1, -0.05) is 22.0 Å². The van der Waals surface area contributed by atoms with Gasteiger partial charge in [0.05, 0.1) is 5.37 Å². The number of rotatable bonds is 1. The molecule has 0 bridgehead atoms. The van der Waals surface area contributed by atoms with Crippen molar-refractivity contribution in [3.05, 3.63) is 23.6 Å². The molecule has 0 saturated heterocycles. The van der Waals surface area contributed by atoms with E-state index < -0.39 is 0 Å². The van der Waals surface area contributed by atoms with Crippen LogP contribution >= 0.6 is 27.7 Å². The predicted octanol–water partition coefficient (Wildman–Crippen LogP) is 0.940. The first-order chi connectivity index (χ1) is 5.73. The van der Waals surface area contributed by atoms with E-state index in [2.05, 4.69) is 31.1 Å². The van der Waals surface area contributed by atoms with Gasteiger partial charge in [-0.05, 0) is 5.41 Å². The van der Waals surface area contributed by atoms with Crippen molar-refractivity contribution in [1.29, 1.82) is 0 Å². The van der Waals surface area contributed by atoms with Crippen LogP contribution in [0.5, 0.6) is 0 Å². The molecule has 2 rings (SSSR count). The smallest absolute Gasteiger partial charge is 0.147 e. The molecule has 1 aromatic heterocycles. The fraction of sp³-hybridized carbons (Fsp3) is 0.333. The van der Waals surface area contributed by atoms with Crippen LogP contribution in [0, 0.1) is 0 Å². The number of halogens is 1. The van der Waals surface area contributed by atoms with E-state index in [-0.39, 0.29) is 9.70 Å². The average Bonchev–Trinajstić information content (AvgIpc) is 2.62. The molecule has 1 aliphatic rings. The average molecular weight is 247 g/mol. The van der Waals surface area contributed by atoms with Crippen molar-refractivity contribution in [1.82, 2.24) is 15.2 Å². The van der Waals surface area contributed by atoms with Crippen molar-refractivity contribution >= 4 is 27.7 Å². The first-order valence-electron chi connectivity index (χ1n) is 3.37. The molecule has 0 fully saturated rings. The molecule has 1 aliphatic heterocycles. The van der Waals surface area contributed by atoms with Gasteiger partial charge in [0.2, 0.25) is 0 Å². The Morgan fingerprint density at radius 1 is 1.75 bits per heavy atom. The van der Waals surface area contributed by atoms with Gasteiger partial charge in [0.25, 0.3) is 0 Å². The van der Waals surface area contributed by atoms with Crippen LogP contribution in [-0.2, 0) is 4.32 Å². The van der Waals surface area contributed by atoms with Gasteiger partial charge in [-0.3, -0.25) is 5.10 Å². The Morgan fingerprint density at radius 3 is 3.08 bits per heavy atom. The molecule has 4 nitrogen and oxygen atoms in total. The van der Waals surface area contributed by atoms with Gasteiger partial charge in [-0.2, -0.15) is 5.10 Å². The molecular formula is C6H7BrN4S. The maximum atomic E-state index is 5.87. The molecule has 0 amide bonds. The van der Waals surface area contributed by atoms with Crippen molar-refractivity contribution in [2.45, 2.75) is 9.70 Å². The molecule has 2 atom stereocenters. The van der Waals surface area contributed by atoms with E-state index in [1.807, 2.05) is 11.5 Å². The van der Waals surface area contributed by atoms with Crippen LogP contribution in [0.4, 0.5) is 0 Å². The van der Waals surface area contributed by atoms with E-state index in [4.69, 9.17) is 5.73 Å². The van der Waals surface area contributed by atoms with Crippen molar-refractivity contribution in [3.63, 3.8) is 0 Å². The highest BCUT2D eigenvalue weighted by Gasteiger charge is 2.39. The largest absolute Gasteiger partial charge is 0.317 e. The number of aromatic amines is 1. The van der Waals surface area contributed by atoms with E-state index in [1.54, 1.807) is 11.8 Å². The second kappa shape index (κ2) is 2.86.